The number of carbonyl (C=O) groups is 1. The molecule has 0 saturated carbocycles. The number of pyridine rings is 1. The van der Waals surface area contributed by atoms with Gasteiger partial charge in [-0.2, -0.15) is 0 Å². The summed E-state index contributed by atoms with van der Waals surface area (Å²) in [6, 6.07) is 3.84. The van der Waals surface area contributed by atoms with E-state index in [0.29, 0.717) is 23.0 Å². The van der Waals surface area contributed by atoms with E-state index in [4.69, 9.17) is 10.5 Å². The number of amides is 1. The molecule has 1 saturated heterocycles. The minimum Gasteiger partial charge on any atom is -0.397 e. The SMILES string of the molecule is Cc1ccc2c(N)c(C(=O)NCCC3CCOC3)sc2n1. The van der Waals surface area contributed by atoms with E-state index >= 15 is 0 Å². The summed E-state index contributed by atoms with van der Waals surface area (Å²) in [6.45, 7) is 4.24. The summed E-state index contributed by atoms with van der Waals surface area (Å²) in [6.07, 6.45) is 2.04. The van der Waals surface area contributed by atoms with Crippen molar-refractivity contribution in [2.75, 3.05) is 25.5 Å². The molecule has 1 amide bonds. The Hall–Kier alpha value is -1.66. The van der Waals surface area contributed by atoms with Gasteiger partial charge in [0.1, 0.15) is 9.71 Å². The van der Waals surface area contributed by atoms with Gasteiger partial charge < -0.3 is 15.8 Å². The lowest BCUT2D eigenvalue weighted by molar-refractivity contribution is 0.0955. The molecule has 112 valence electrons. The average Bonchev–Trinajstić information content (AvgIpc) is 3.07. The lowest BCUT2D eigenvalue weighted by atomic mass is 10.1. The molecule has 1 fully saturated rings. The minimum absolute atomic E-state index is 0.105. The molecule has 2 aromatic rings. The van der Waals surface area contributed by atoms with Crippen LogP contribution in [-0.2, 0) is 4.74 Å². The maximum atomic E-state index is 12.3. The third-order valence-corrected chi connectivity index (χ3v) is 4.92. The number of hydrogen-bond acceptors (Lipinski definition) is 5. The van der Waals surface area contributed by atoms with Crippen LogP contribution < -0.4 is 11.1 Å². The lowest BCUT2D eigenvalue weighted by Gasteiger charge is -2.08. The number of nitrogen functional groups attached to an aromatic ring is 1. The first-order chi connectivity index (χ1) is 10.1. The van der Waals surface area contributed by atoms with Crippen LogP contribution in [-0.4, -0.2) is 30.6 Å². The molecule has 1 unspecified atom stereocenters. The topological polar surface area (TPSA) is 77.2 Å². The number of carbonyl (C=O) groups excluding carboxylic acids is 1. The van der Waals surface area contributed by atoms with Crippen LogP contribution in [0.25, 0.3) is 10.2 Å². The van der Waals surface area contributed by atoms with E-state index in [2.05, 4.69) is 10.3 Å². The van der Waals surface area contributed by atoms with Crippen LogP contribution >= 0.6 is 11.3 Å². The monoisotopic (exact) mass is 305 g/mol. The molecule has 5 nitrogen and oxygen atoms in total. The Morgan fingerprint density at radius 2 is 2.43 bits per heavy atom. The Bertz CT molecular complexity index is 662. The van der Waals surface area contributed by atoms with Gasteiger partial charge in [0.05, 0.1) is 5.69 Å². The highest BCUT2D eigenvalue weighted by Gasteiger charge is 2.19. The molecule has 21 heavy (non-hydrogen) atoms. The summed E-state index contributed by atoms with van der Waals surface area (Å²) in [5.74, 6) is 0.460. The molecular formula is C15H19N3O2S. The lowest BCUT2D eigenvalue weighted by Crippen LogP contribution is -2.25. The van der Waals surface area contributed by atoms with Crippen molar-refractivity contribution in [1.29, 1.82) is 0 Å². The summed E-state index contributed by atoms with van der Waals surface area (Å²) in [5.41, 5.74) is 7.53. The highest BCUT2D eigenvalue weighted by Crippen LogP contribution is 2.32. The van der Waals surface area contributed by atoms with E-state index in [1.165, 1.54) is 11.3 Å². The van der Waals surface area contributed by atoms with Crippen LogP contribution in [0.4, 0.5) is 5.69 Å². The number of ether oxygens (including phenoxy) is 1. The van der Waals surface area contributed by atoms with Gasteiger partial charge in [0.2, 0.25) is 0 Å². The number of thiophene rings is 1. The number of nitrogens with one attached hydrogen (secondary N) is 1. The average molecular weight is 305 g/mol. The first-order valence-corrected chi connectivity index (χ1v) is 7.98. The van der Waals surface area contributed by atoms with Gasteiger partial charge in [-0.1, -0.05) is 0 Å². The molecule has 0 aromatic carbocycles. The molecule has 0 radical (unpaired) electrons. The second-order valence-electron chi connectivity index (χ2n) is 5.42. The van der Waals surface area contributed by atoms with Gasteiger partial charge in [-0.05, 0) is 37.8 Å². The molecule has 3 rings (SSSR count). The number of nitrogens with zero attached hydrogens (tertiary/aromatic N) is 1. The summed E-state index contributed by atoms with van der Waals surface area (Å²) >= 11 is 1.36. The normalized spacial score (nSPS) is 18.2. The maximum Gasteiger partial charge on any atom is 0.263 e. The first-order valence-electron chi connectivity index (χ1n) is 7.16. The van der Waals surface area contributed by atoms with E-state index in [1.807, 2.05) is 19.1 Å². The van der Waals surface area contributed by atoms with Crippen molar-refractivity contribution in [3.05, 3.63) is 22.7 Å². The number of aryl methyl sites for hydroxylation is 1. The van der Waals surface area contributed by atoms with Crippen LogP contribution in [0.3, 0.4) is 0 Å². The number of nitrogens with two attached hydrogens (primary N) is 1. The van der Waals surface area contributed by atoms with Gasteiger partial charge >= 0.3 is 0 Å². The van der Waals surface area contributed by atoms with Crippen molar-refractivity contribution >= 4 is 33.1 Å². The molecule has 0 aliphatic carbocycles. The Kier molecular flexibility index (Phi) is 4.07. The largest absolute Gasteiger partial charge is 0.397 e. The highest BCUT2D eigenvalue weighted by atomic mass is 32.1. The van der Waals surface area contributed by atoms with Gasteiger partial charge in [-0.3, -0.25) is 4.79 Å². The second-order valence-corrected chi connectivity index (χ2v) is 6.42. The third kappa shape index (κ3) is 3.01. The maximum absolute atomic E-state index is 12.3. The Labute approximate surface area is 127 Å². The van der Waals surface area contributed by atoms with Crippen molar-refractivity contribution in [2.24, 2.45) is 5.92 Å². The highest BCUT2D eigenvalue weighted by molar-refractivity contribution is 7.21. The van der Waals surface area contributed by atoms with Crippen molar-refractivity contribution in [3.8, 4) is 0 Å². The van der Waals surface area contributed by atoms with Crippen molar-refractivity contribution in [3.63, 3.8) is 0 Å². The van der Waals surface area contributed by atoms with Crippen LogP contribution in [0, 0.1) is 12.8 Å². The summed E-state index contributed by atoms with van der Waals surface area (Å²) in [4.78, 5) is 18.1. The predicted octanol–water partition coefficient (Wildman–Crippen LogP) is 2.34. The molecule has 1 atom stereocenters. The number of aromatic nitrogens is 1. The Morgan fingerprint density at radius 3 is 3.19 bits per heavy atom. The van der Waals surface area contributed by atoms with Crippen molar-refractivity contribution in [2.45, 2.75) is 19.8 Å². The molecule has 6 heteroatoms. The quantitative estimate of drug-likeness (QED) is 0.909. The fraction of sp³-hybridized carbons (Fsp3) is 0.467. The fourth-order valence-electron chi connectivity index (χ4n) is 2.54. The van der Waals surface area contributed by atoms with Gasteiger partial charge in [0.15, 0.2) is 0 Å². The number of anilines is 1. The molecule has 2 aromatic heterocycles. The fourth-order valence-corrected chi connectivity index (χ4v) is 3.60. The van der Waals surface area contributed by atoms with Crippen LogP contribution in [0.5, 0.6) is 0 Å². The summed E-state index contributed by atoms with van der Waals surface area (Å²) < 4.78 is 5.33. The van der Waals surface area contributed by atoms with E-state index in [-0.39, 0.29) is 5.91 Å². The van der Waals surface area contributed by atoms with Crippen LogP contribution in [0.1, 0.15) is 28.2 Å². The third-order valence-electron chi connectivity index (χ3n) is 3.80. The minimum atomic E-state index is -0.105. The standard InChI is InChI=1S/C15H19N3O2S/c1-9-2-3-11-12(16)13(21-15(11)18-9)14(19)17-6-4-10-5-7-20-8-10/h2-3,10H,4-8,16H2,1H3,(H,17,19). The van der Waals surface area contributed by atoms with Crippen molar-refractivity contribution in [1.82, 2.24) is 10.3 Å². The molecular weight excluding hydrogens is 286 g/mol. The molecule has 0 spiro atoms. The number of fused-ring (bicyclic) bond motifs is 1. The van der Waals surface area contributed by atoms with E-state index in [1.54, 1.807) is 0 Å². The van der Waals surface area contributed by atoms with E-state index in [0.717, 1.165) is 42.0 Å². The van der Waals surface area contributed by atoms with Gasteiger partial charge in [-0.25, -0.2) is 4.98 Å². The molecule has 0 bridgehead atoms. The molecule has 3 N–H and O–H groups in total. The molecule has 1 aliphatic heterocycles. The molecule has 1 aliphatic rings. The predicted molar refractivity (Wildman–Crippen MR) is 84.6 cm³/mol. The molecule has 3 heterocycles. The zero-order valence-corrected chi connectivity index (χ0v) is 12.8. The second kappa shape index (κ2) is 5.99. The number of hydrogen-bond donors (Lipinski definition) is 2. The Morgan fingerprint density at radius 1 is 1.57 bits per heavy atom. The number of rotatable bonds is 4. The smallest absolute Gasteiger partial charge is 0.263 e. The summed E-state index contributed by atoms with van der Waals surface area (Å²) in [7, 11) is 0. The zero-order valence-electron chi connectivity index (χ0n) is 12.0. The van der Waals surface area contributed by atoms with Gasteiger partial charge in [-0.15, -0.1) is 11.3 Å². The van der Waals surface area contributed by atoms with E-state index < -0.39 is 0 Å². The first kappa shape index (κ1) is 14.3. The van der Waals surface area contributed by atoms with Crippen molar-refractivity contribution < 1.29 is 9.53 Å². The van der Waals surface area contributed by atoms with Gasteiger partial charge in [0, 0.05) is 30.8 Å². The van der Waals surface area contributed by atoms with Crippen LogP contribution in [0.2, 0.25) is 0 Å². The van der Waals surface area contributed by atoms with Crippen LogP contribution in [0.15, 0.2) is 12.1 Å². The van der Waals surface area contributed by atoms with E-state index in [9.17, 15) is 4.79 Å². The zero-order chi connectivity index (χ0) is 14.8. The Balaban J connectivity index is 1.67. The summed E-state index contributed by atoms with van der Waals surface area (Å²) in [5, 5.41) is 3.81. The van der Waals surface area contributed by atoms with Gasteiger partial charge in [0.25, 0.3) is 5.91 Å².